The van der Waals surface area contributed by atoms with Gasteiger partial charge in [-0.1, -0.05) is 43.1 Å². The fourth-order valence-electron chi connectivity index (χ4n) is 0.817. The van der Waals surface area contributed by atoms with E-state index in [1.165, 1.54) is 6.21 Å². The van der Waals surface area contributed by atoms with Crippen LogP contribution in [0.3, 0.4) is 0 Å². The van der Waals surface area contributed by atoms with Gasteiger partial charge in [-0.05, 0) is 12.1 Å². The van der Waals surface area contributed by atoms with Gasteiger partial charge in [-0.3, -0.25) is 0 Å². The van der Waals surface area contributed by atoms with Crippen LogP contribution in [0.2, 0.25) is 0 Å². The van der Waals surface area contributed by atoms with E-state index in [0.717, 1.165) is 14.5 Å². The zero-order valence-electron chi connectivity index (χ0n) is 7.48. The third-order valence-electron chi connectivity index (χ3n) is 1.44. The maximum absolute atomic E-state index is 10.1. The third kappa shape index (κ3) is 4.01. The molecule has 1 rings (SSSR count). The average molecular weight is 337 g/mol. The van der Waals surface area contributed by atoms with E-state index in [2.05, 4.69) is 41.9 Å². The summed E-state index contributed by atoms with van der Waals surface area (Å²) in [5.41, 5.74) is 0.794. The van der Waals surface area contributed by atoms with Gasteiger partial charge in [0.05, 0.1) is 6.21 Å². The molecule has 1 aromatic rings. The molecular formula is C9H7Br2NO3. The Bertz CT molecular complexity index is 373. The fourth-order valence-corrected chi connectivity index (χ4v) is 2.02. The highest BCUT2D eigenvalue weighted by Gasteiger charge is 2.01. The number of aliphatic carboxylic acids is 1. The molecule has 15 heavy (non-hydrogen) atoms. The van der Waals surface area contributed by atoms with Crippen LogP contribution in [0, 0.1) is 0 Å². The highest BCUT2D eigenvalue weighted by Crippen LogP contribution is 2.23. The van der Waals surface area contributed by atoms with Crippen LogP contribution in [0.4, 0.5) is 0 Å². The predicted octanol–water partition coefficient (Wildman–Crippen LogP) is 2.65. The van der Waals surface area contributed by atoms with Crippen LogP contribution in [-0.2, 0) is 9.63 Å². The molecule has 0 aliphatic heterocycles. The van der Waals surface area contributed by atoms with Crippen molar-refractivity contribution in [2.45, 2.75) is 0 Å². The molecule has 0 atom stereocenters. The van der Waals surface area contributed by atoms with Crippen LogP contribution < -0.4 is 0 Å². The molecule has 0 aromatic heterocycles. The standard InChI is InChI=1S/C9H7Br2NO3/c10-7-2-1-3-8(11)6(7)4-12-15-5-9(13)14/h1-4H,5H2,(H,13,14)/b12-4+. The third-order valence-corrected chi connectivity index (χ3v) is 2.83. The molecule has 0 spiro atoms. The Hall–Kier alpha value is -0.880. The fraction of sp³-hybridized carbons (Fsp3) is 0.111. The van der Waals surface area contributed by atoms with Gasteiger partial charge in [0.1, 0.15) is 0 Å². The van der Waals surface area contributed by atoms with E-state index in [0.29, 0.717) is 0 Å². The number of carboxylic acid groups (broad SMARTS) is 1. The average Bonchev–Trinajstić information content (AvgIpc) is 2.15. The van der Waals surface area contributed by atoms with E-state index < -0.39 is 12.6 Å². The SMILES string of the molecule is O=C(O)CO/N=C/c1c(Br)cccc1Br. The minimum absolute atomic E-state index is 0.446. The van der Waals surface area contributed by atoms with E-state index in [1.807, 2.05) is 18.2 Å². The Morgan fingerprint density at radius 1 is 1.47 bits per heavy atom. The van der Waals surface area contributed by atoms with Crippen molar-refractivity contribution < 1.29 is 14.7 Å². The lowest BCUT2D eigenvalue weighted by atomic mass is 10.2. The Balaban J connectivity index is 2.67. The van der Waals surface area contributed by atoms with Gasteiger partial charge in [0.15, 0.2) is 0 Å². The Morgan fingerprint density at radius 3 is 2.60 bits per heavy atom. The maximum atomic E-state index is 10.1. The monoisotopic (exact) mass is 335 g/mol. The number of carboxylic acids is 1. The van der Waals surface area contributed by atoms with Crippen LogP contribution >= 0.6 is 31.9 Å². The molecule has 1 aromatic carbocycles. The topological polar surface area (TPSA) is 58.9 Å². The first-order valence-corrected chi connectivity index (χ1v) is 5.51. The molecule has 6 heteroatoms. The molecule has 0 saturated heterocycles. The molecular weight excluding hydrogens is 330 g/mol. The molecule has 0 unspecified atom stereocenters. The Labute approximate surface area is 103 Å². The van der Waals surface area contributed by atoms with E-state index in [-0.39, 0.29) is 0 Å². The first-order chi connectivity index (χ1) is 7.11. The quantitative estimate of drug-likeness (QED) is 0.679. The second-order valence-electron chi connectivity index (χ2n) is 2.54. The number of halogens is 2. The van der Waals surface area contributed by atoms with Crippen molar-refractivity contribution in [1.82, 2.24) is 0 Å². The number of benzene rings is 1. The highest BCUT2D eigenvalue weighted by atomic mass is 79.9. The molecule has 0 radical (unpaired) electrons. The van der Waals surface area contributed by atoms with E-state index >= 15 is 0 Å². The normalized spacial score (nSPS) is 10.5. The number of hydrogen-bond donors (Lipinski definition) is 1. The number of nitrogens with zero attached hydrogens (tertiary/aromatic N) is 1. The summed E-state index contributed by atoms with van der Waals surface area (Å²) in [5, 5.41) is 11.8. The summed E-state index contributed by atoms with van der Waals surface area (Å²) in [6.07, 6.45) is 1.44. The van der Waals surface area contributed by atoms with Gasteiger partial charge in [0.25, 0.3) is 0 Å². The van der Waals surface area contributed by atoms with E-state index in [4.69, 9.17) is 5.11 Å². The molecule has 0 aliphatic carbocycles. The van der Waals surface area contributed by atoms with Crippen molar-refractivity contribution in [3.8, 4) is 0 Å². The maximum Gasteiger partial charge on any atom is 0.344 e. The summed E-state index contributed by atoms with van der Waals surface area (Å²) < 4.78 is 1.69. The minimum Gasteiger partial charge on any atom is -0.479 e. The van der Waals surface area contributed by atoms with Gasteiger partial charge >= 0.3 is 5.97 Å². The second kappa shape index (κ2) is 5.87. The van der Waals surface area contributed by atoms with Crippen molar-refractivity contribution in [3.63, 3.8) is 0 Å². The van der Waals surface area contributed by atoms with Crippen molar-refractivity contribution in [3.05, 3.63) is 32.7 Å². The summed E-state index contributed by atoms with van der Waals surface area (Å²) in [4.78, 5) is 14.7. The Kier molecular flexibility index (Phi) is 4.77. The van der Waals surface area contributed by atoms with Crippen molar-refractivity contribution in [2.75, 3.05) is 6.61 Å². The zero-order valence-corrected chi connectivity index (χ0v) is 10.7. The van der Waals surface area contributed by atoms with E-state index in [9.17, 15) is 4.79 Å². The van der Waals surface area contributed by atoms with E-state index in [1.54, 1.807) is 0 Å². The summed E-state index contributed by atoms with van der Waals surface area (Å²) in [6.45, 7) is -0.446. The van der Waals surface area contributed by atoms with Gasteiger partial charge in [0.2, 0.25) is 6.61 Å². The first kappa shape index (κ1) is 12.2. The molecule has 4 nitrogen and oxygen atoms in total. The smallest absolute Gasteiger partial charge is 0.344 e. The summed E-state index contributed by atoms with van der Waals surface area (Å²) in [6, 6.07) is 5.57. The zero-order chi connectivity index (χ0) is 11.3. The predicted molar refractivity (Wildman–Crippen MR) is 63.0 cm³/mol. The molecule has 0 aliphatic rings. The van der Waals surface area contributed by atoms with Crippen LogP contribution in [0.25, 0.3) is 0 Å². The van der Waals surface area contributed by atoms with Gasteiger partial charge in [-0.25, -0.2) is 4.79 Å². The number of hydrogen-bond acceptors (Lipinski definition) is 3. The van der Waals surface area contributed by atoms with Gasteiger partial charge in [-0.15, -0.1) is 0 Å². The Morgan fingerprint density at radius 2 is 2.07 bits per heavy atom. The second-order valence-corrected chi connectivity index (χ2v) is 4.25. The van der Waals surface area contributed by atoms with Crippen molar-refractivity contribution >= 4 is 44.0 Å². The minimum atomic E-state index is -1.06. The number of oxime groups is 1. The lowest BCUT2D eigenvalue weighted by molar-refractivity contribution is -0.142. The van der Waals surface area contributed by atoms with Crippen LogP contribution in [0.15, 0.2) is 32.3 Å². The largest absolute Gasteiger partial charge is 0.479 e. The molecule has 80 valence electrons. The number of rotatable bonds is 4. The first-order valence-electron chi connectivity index (χ1n) is 3.92. The number of carbonyl (C=O) groups is 1. The molecule has 0 fully saturated rings. The molecule has 1 N–H and O–H groups in total. The molecule has 0 amide bonds. The molecule has 0 heterocycles. The highest BCUT2D eigenvalue weighted by molar-refractivity contribution is 9.11. The summed E-state index contributed by atoms with van der Waals surface area (Å²) in [5.74, 6) is -1.06. The van der Waals surface area contributed by atoms with Crippen LogP contribution in [0.1, 0.15) is 5.56 Å². The lowest BCUT2D eigenvalue weighted by Gasteiger charge is -2.00. The van der Waals surface area contributed by atoms with Crippen molar-refractivity contribution in [1.29, 1.82) is 0 Å². The molecule has 0 bridgehead atoms. The summed E-state index contributed by atoms with van der Waals surface area (Å²) in [7, 11) is 0. The van der Waals surface area contributed by atoms with Crippen molar-refractivity contribution in [2.24, 2.45) is 5.16 Å². The summed E-state index contributed by atoms with van der Waals surface area (Å²) >= 11 is 6.67. The van der Waals surface area contributed by atoms with Gasteiger partial charge < -0.3 is 9.94 Å². The van der Waals surface area contributed by atoms with Gasteiger partial charge in [-0.2, -0.15) is 0 Å². The van der Waals surface area contributed by atoms with Crippen LogP contribution in [-0.4, -0.2) is 23.9 Å². The van der Waals surface area contributed by atoms with Crippen LogP contribution in [0.5, 0.6) is 0 Å². The molecule has 0 saturated carbocycles. The van der Waals surface area contributed by atoms with Gasteiger partial charge in [0, 0.05) is 14.5 Å². The lowest BCUT2D eigenvalue weighted by Crippen LogP contribution is -2.03.